The SMILES string of the molecule is CC(CO)C(C)c1ccc(O)c(CO)c1. The van der Waals surface area contributed by atoms with Crippen molar-refractivity contribution in [2.75, 3.05) is 6.61 Å². The standard InChI is InChI=1S/C12H18O3/c1-8(6-13)9(2)10-3-4-12(15)11(5-10)7-14/h3-5,8-9,13-15H,6-7H2,1-2H3. The van der Waals surface area contributed by atoms with Crippen LogP contribution < -0.4 is 0 Å². The van der Waals surface area contributed by atoms with E-state index >= 15 is 0 Å². The molecule has 0 spiro atoms. The summed E-state index contributed by atoms with van der Waals surface area (Å²) in [6, 6.07) is 5.19. The average Bonchev–Trinajstić information content (AvgIpc) is 2.27. The minimum atomic E-state index is -0.167. The molecule has 0 radical (unpaired) electrons. The first-order valence-electron chi connectivity index (χ1n) is 5.13. The molecular weight excluding hydrogens is 192 g/mol. The molecule has 1 aromatic rings. The number of rotatable bonds is 4. The van der Waals surface area contributed by atoms with Gasteiger partial charge in [-0.3, -0.25) is 0 Å². The molecule has 0 heterocycles. The van der Waals surface area contributed by atoms with Crippen LogP contribution in [-0.2, 0) is 6.61 Å². The van der Waals surface area contributed by atoms with Crippen LogP contribution in [0, 0.1) is 5.92 Å². The van der Waals surface area contributed by atoms with Gasteiger partial charge in [-0.1, -0.05) is 19.9 Å². The van der Waals surface area contributed by atoms with Gasteiger partial charge in [-0.25, -0.2) is 0 Å². The summed E-state index contributed by atoms with van der Waals surface area (Å²) in [5, 5.41) is 27.5. The number of aromatic hydroxyl groups is 1. The minimum absolute atomic E-state index is 0.116. The Morgan fingerprint density at radius 3 is 2.40 bits per heavy atom. The normalized spacial score (nSPS) is 14.9. The van der Waals surface area contributed by atoms with Crippen LogP contribution in [0.3, 0.4) is 0 Å². The zero-order valence-corrected chi connectivity index (χ0v) is 9.14. The van der Waals surface area contributed by atoms with E-state index < -0.39 is 0 Å². The molecule has 0 fully saturated rings. The van der Waals surface area contributed by atoms with E-state index in [0.717, 1.165) is 5.56 Å². The van der Waals surface area contributed by atoms with Gasteiger partial charge >= 0.3 is 0 Å². The summed E-state index contributed by atoms with van der Waals surface area (Å²) in [6.07, 6.45) is 0. The Hall–Kier alpha value is -1.06. The van der Waals surface area contributed by atoms with Gasteiger partial charge in [0.1, 0.15) is 5.75 Å². The van der Waals surface area contributed by atoms with Crippen LogP contribution in [0.15, 0.2) is 18.2 Å². The Balaban J connectivity index is 2.95. The Morgan fingerprint density at radius 1 is 1.20 bits per heavy atom. The van der Waals surface area contributed by atoms with Gasteiger partial charge in [-0.05, 0) is 29.5 Å². The minimum Gasteiger partial charge on any atom is -0.508 e. The number of aliphatic hydroxyl groups is 2. The van der Waals surface area contributed by atoms with Gasteiger partial charge in [0.25, 0.3) is 0 Å². The molecule has 0 aliphatic carbocycles. The summed E-state index contributed by atoms with van der Waals surface area (Å²) >= 11 is 0. The van der Waals surface area contributed by atoms with Crippen molar-refractivity contribution in [1.82, 2.24) is 0 Å². The summed E-state index contributed by atoms with van der Waals surface area (Å²) in [4.78, 5) is 0. The van der Waals surface area contributed by atoms with Crippen LogP contribution in [-0.4, -0.2) is 21.9 Å². The number of hydrogen-bond donors (Lipinski definition) is 3. The number of benzene rings is 1. The van der Waals surface area contributed by atoms with E-state index in [4.69, 9.17) is 10.2 Å². The van der Waals surface area contributed by atoms with E-state index in [2.05, 4.69) is 0 Å². The van der Waals surface area contributed by atoms with Crippen molar-refractivity contribution in [1.29, 1.82) is 0 Å². The Bertz CT molecular complexity index is 323. The van der Waals surface area contributed by atoms with Gasteiger partial charge in [-0.15, -0.1) is 0 Å². The largest absolute Gasteiger partial charge is 0.508 e. The molecule has 3 heteroatoms. The van der Waals surface area contributed by atoms with Crippen LogP contribution in [0.5, 0.6) is 5.75 Å². The van der Waals surface area contributed by atoms with Crippen LogP contribution in [0.2, 0.25) is 0 Å². The van der Waals surface area contributed by atoms with E-state index in [1.165, 1.54) is 0 Å². The molecule has 1 rings (SSSR count). The van der Waals surface area contributed by atoms with Crippen molar-refractivity contribution in [3.8, 4) is 5.75 Å². The lowest BCUT2D eigenvalue weighted by atomic mass is 9.88. The van der Waals surface area contributed by atoms with E-state index in [9.17, 15) is 5.11 Å². The maximum absolute atomic E-state index is 9.40. The highest BCUT2D eigenvalue weighted by Gasteiger charge is 2.14. The monoisotopic (exact) mass is 210 g/mol. The quantitative estimate of drug-likeness (QED) is 0.707. The highest BCUT2D eigenvalue weighted by Crippen LogP contribution is 2.27. The van der Waals surface area contributed by atoms with Crippen LogP contribution >= 0.6 is 0 Å². The Morgan fingerprint density at radius 2 is 1.87 bits per heavy atom. The molecule has 0 aliphatic rings. The molecule has 0 saturated carbocycles. The molecule has 84 valence electrons. The first kappa shape index (κ1) is 12.0. The van der Waals surface area contributed by atoms with Gasteiger partial charge in [-0.2, -0.15) is 0 Å². The zero-order valence-electron chi connectivity index (χ0n) is 9.14. The molecule has 1 aromatic carbocycles. The van der Waals surface area contributed by atoms with Gasteiger partial charge in [0.2, 0.25) is 0 Å². The molecule has 3 nitrogen and oxygen atoms in total. The average molecular weight is 210 g/mol. The molecule has 0 saturated heterocycles. The van der Waals surface area contributed by atoms with E-state index in [1.54, 1.807) is 12.1 Å². The van der Waals surface area contributed by atoms with Gasteiger partial charge in [0.15, 0.2) is 0 Å². The molecule has 3 N–H and O–H groups in total. The first-order chi connectivity index (χ1) is 7.10. The molecule has 0 aliphatic heterocycles. The highest BCUT2D eigenvalue weighted by atomic mass is 16.3. The molecule has 0 amide bonds. The molecular formula is C12H18O3. The van der Waals surface area contributed by atoms with Crippen LogP contribution in [0.1, 0.15) is 30.9 Å². The van der Waals surface area contributed by atoms with Crippen molar-refractivity contribution < 1.29 is 15.3 Å². The number of aliphatic hydroxyl groups excluding tert-OH is 2. The lowest BCUT2D eigenvalue weighted by Gasteiger charge is -2.18. The van der Waals surface area contributed by atoms with Crippen molar-refractivity contribution in [2.24, 2.45) is 5.92 Å². The smallest absolute Gasteiger partial charge is 0.121 e. The number of phenols is 1. The summed E-state index contributed by atoms with van der Waals surface area (Å²) in [5.74, 6) is 0.493. The fourth-order valence-electron chi connectivity index (χ4n) is 1.50. The van der Waals surface area contributed by atoms with E-state index in [1.807, 2.05) is 19.9 Å². The van der Waals surface area contributed by atoms with Crippen molar-refractivity contribution in [3.05, 3.63) is 29.3 Å². The molecule has 0 aromatic heterocycles. The third-order valence-corrected chi connectivity index (χ3v) is 2.94. The van der Waals surface area contributed by atoms with E-state index in [0.29, 0.717) is 5.56 Å². The highest BCUT2D eigenvalue weighted by molar-refractivity contribution is 5.37. The predicted molar refractivity (Wildman–Crippen MR) is 58.7 cm³/mol. The summed E-state index contributed by atoms with van der Waals surface area (Å²) in [7, 11) is 0. The fraction of sp³-hybridized carbons (Fsp3) is 0.500. The summed E-state index contributed by atoms with van der Waals surface area (Å²) in [5.41, 5.74) is 1.56. The molecule has 0 bridgehead atoms. The second kappa shape index (κ2) is 5.14. The molecule has 15 heavy (non-hydrogen) atoms. The maximum atomic E-state index is 9.40. The lowest BCUT2D eigenvalue weighted by molar-refractivity contribution is 0.220. The zero-order chi connectivity index (χ0) is 11.4. The second-order valence-electron chi connectivity index (χ2n) is 3.99. The van der Waals surface area contributed by atoms with Crippen molar-refractivity contribution in [3.63, 3.8) is 0 Å². The fourth-order valence-corrected chi connectivity index (χ4v) is 1.50. The van der Waals surface area contributed by atoms with Crippen LogP contribution in [0.25, 0.3) is 0 Å². The third-order valence-electron chi connectivity index (χ3n) is 2.94. The maximum Gasteiger partial charge on any atom is 0.121 e. The van der Waals surface area contributed by atoms with Gasteiger partial charge in [0.05, 0.1) is 6.61 Å². The summed E-state index contributed by atoms with van der Waals surface area (Å²) in [6.45, 7) is 3.96. The predicted octanol–water partition coefficient (Wildman–Crippen LogP) is 1.62. The van der Waals surface area contributed by atoms with Crippen LogP contribution in [0.4, 0.5) is 0 Å². The van der Waals surface area contributed by atoms with Crippen molar-refractivity contribution >= 4 is 0 Å². The first-order valence-corrected chi connectivity index (χ1v) is 5.13. The van der Waals surface area contributed by atoms with Gasteiger partial charge in [0, 0.05) is 12.2 Å². The number of hydrogen-bond acceptors (Lipinski definition) is 3. The Labute approximate surface area is 90.0 Å². The molecule has 2 unspecified atom stereocenters. The van der Waals surface area contributed by atoms with Crippen molar-refractivity contribution in [2.45, 2.75) is 26.4 Å². The topological polar surface area (TPSA) is 60.7 Å². The summed E-state index contributed by atoms with van der Waals surface area (Å²) < 4.78 is 0. The second-order valence-corrected chi connectivity index (χ2v) is 3.99. The molecule has 2 atom stereocenters. The third kappa shape index (κ3) is 2.70. The Kier molecular flexibility index (Phi) is 4.12. The van der Waals surface area contributed by atoms with Gasteiger partial charge < -0.3 is 15.3 Å². The van der Waals surface area contributed by atoms with E-state index in [-0.39, 0.29) is 30.8 Å². The lowest BCUT2D eigenvalue weighted by Crippen LogP contribution is -2.10.